The summed E-state index contributed by atoms with van der Waals surface area (Å²) in [6, 6.07) is 10.4. The molecule has 4 rings (SSSR count). The van der Waals surface area contributed by atoms with Gasteiger partial charge in [-0.3, -0.25) is 9.98 Å². The second-order valence-corrected chi connectivity index (χ2v) is 7.10. The second-order valence-electron chi connectivity index (χ2n) is 7.10. The fourth-order valence-electron chi connectivity index (χ4n) is 4.39. The molecular formula is C20H27IN4. The molecule has 1 aliphatic carbocycles. The number of para-hydroxylation sites is 1. The van der Waals surface area contributed by atoms with Crippen molar-refractivity contribution >= 4 is 40.8 Å². The Hall–Kier alpha value is -1.37. The standard InChI is InChI=1S/C20H26N4.HI/c1-21-20(24-13-16-6-2-3-7-17(16)14-24)23-12-15-10-11-22-19-9-5-4-8-18(15)19;/h4-5,8-11,16-17H,2-3,6-7,12-14H2,1H3,(H,21,23);1H. The van der Waals surface area contributed by atoms with Crippen LogP contribution in [0.4, 0.5) is 0 Å². The lowest BCUT2D eigenvalue weighted by Gasteiger charge is -2.22. The van der Waals surface area contributed by atoms with E-state index in [-0.39, 0.29) is 24.0 Å². The zero-order valence-corrected chi connectivity index (χ0v) is 17.1. The molecule has 0 amide bonds. The van der Waals surface area contributed by atoms with Crippen molar-refractivity contribution in [1.29, 1.82) is 0 Å². The minimum absolute atomic E-state index is 0. The number of nitrogens with zero attached hydrogens (tertiary/aromatic N) is 3. The predicted octanol–water partition coefficient (Wildman–Crippen LogP) is 4.05. The summed E-state index contributed by atoms with van der Waals surface area (Å²) in [5.74, 6) is 2.79. The number of pyridine rings is 1. The Bertz CT molecular complexity index is 726. The summed E-state index contributed by atoms with van der Waals surface area (Å²) in [4.78, 5) is 11.4. The van der Waals surface area contributed by atoms with Gasteiger partial charge in [-0.1, -0.05) is 31.0 Å². The normalized spacial score (nSPS) is 23.2. The smallest absolute Gasteiger partial charge is 0.193 e. The topological polar surface area (TPSA) is 40.5 Å². The highest BCUT2D eigenvalue weighted by atomic mass is 127. The van der Waals surface area contributed by atoms with E-state index in [0.29, 0.717) is 0 Å². The van der Waals surface area contributed by atoms with E-state index in [0.717, 1.165) is 29.9 Å². The van der Waals surface area contributed by atoms with Gasteiger partial charge in [-0.15, -0.1) is 24.0 Å². The maximum atomic E-state index is 4.54. The van der Waals surface area contributed by atoms with Crippen molar-refractivity contribution in [2.75, 3.05) is 20.1 Å². The van der Waals surface area contributed by atoms with Gasteiger partial charge in [-0.2, -0.15) is 0 Å². The van der Waals surface area contributed by atoms with Crippen LogP contribution in [0, 0.1) is 11.8 Å². The lowest BCUT2D eigenvalue weighted by atomic mass is 9.82. The Balaban J connectivity index is 0.00000182. The number of halogens is 1. The van der Waals surface area contributed by atoms with Gasteiger partial charge in [-0.05, 0) is 42.4 Å². The number of aromatic nitrogens is 1. The molecule has 0 spiro atoms. The summed E-state index contributed by atoms with van der Waals surface area (Å²) in [7, 11) is 1.90. The van der Waals surface area contributed by atoms with Gasteiger partial charge in [0.15, 0.2) is 5.96 Å². The molecule has 4 nitrogen and oxygen atoms in total. The summed E-state index contributed by atoms with van der Waals surface area (Å²) in [5.41, 5.74) is 2.33. The average Bonchev–Trinajstić information content (AvgIpc) is 3.06. The predicted molar refractivity (Wildman–Crippen MR) is 114 cm³/mol. The maximum absolute atomic E-state index is 4.54. The summed E-state index contributed by atoms with van der Waals surface area (Å²) in [6.07, 6.45) is 7.50. The van der Waals surface area contributed by atoms with Crippen molar-refractivity contribution in [3.05, 3.63) is 42.1 Å². The summed E-state index contributed by atoms with van der Waals surface area (Å²) < 4.78 is 0. The fraction of sp³-hybridized carbons (Fsp3) is 0.500. The van der Waals surface area contributed by atoms with Crippen LogP contribution in [0.5, 0.6) is 0 Å². The highest BCUT2D eigenvalue weighted by Crippen LogP contribution is 2.35. The monoisotopic (exact) mass is 450 g/mol. The van der Waals surface area contributed by atoms with E-state index in [1.807, 2.05) is 19.3 Å². The zero-order chi connectivity index (χ0) is 16.4. The minimum atomic E-state index is 0. The quantitative estimate of drug-likeness (QED) is 0.427. The molecule has 5 heteroatoms. The van der Waals surface area contributed by atoms with Crippen LogP contribution in [0.15, 0.2) is 41.5 Å². The molecule has 1 saturated heterocycles. The summed E-state index contributed by atoms with van der Waals surface area (Å²) in [6.45, 7) is 3.13. The highest BCUT2D eigenvalue weighted by molar-refractivity contribution is 14.0. The first-order valence-corrected chi connectivity index (χ1v) is 9.13. The highest BCUT2D eigenvalue weighted by Gasteiger charge is 2.35. The summed E-state index contributed by atoms with van der Waals surface area (Å²) in [5, 5.41) is 4.80. The van der Waals surface area contributed by atoms with Gasteiger partial charge < -0.3 is 10.2 Å². The number of aliphatic imine (C=N–C) groups is 1. The number of hydrogen-bond acceptors (Lipinski definition) is 2. The fourth-order valence-corrected chi connectivity index (χ4v) is 4.39. The molecule has 25 heavy (non-hydrogen) atoms. The Labute approximate surface area is 167 Å². The van der Waals surface area contributed by atoms with Crippen molar-refractivity contribution < 1.29 is 0 Å². The molecule has 2 fully saturated rings. The number of likely N-dealkylation sites (tertiary alicyclic amines) is 1. The van der Waals surface area contributed by atoms with Gasteiger partial charge in [0.2, 0.25) is 0 Å². The molecule has 2 unspecified atom stereocenters. The van der Waals surface area contributed by atoms with E-state index in [2.05, 4.69) is 44.5 Å². The molecule has 2 atom stereocenters. The van der Waals surface area contributed by atoms with Crippen LogP contribution in [-0.4, -0.2) is 36.0 Å². The minimum Gasteiger partial charge on any atom is -0.352 e. The first-order chi connectivity index (χ1) is 11.8. The SMILES string of the molecule is CN=C(NCc1ccnc2ccccc12)N1CC2CCCCC2C1.I. The van der Waals surface area contributed by atoms with Gasteiger partial charge in [0.1, 0.15) is 0 Å². The van der Waals surface area contributed by atoms with Crippen LogP contribution in [0.2, 0.25) is 0 Å². The van der Waals surface area contributed by atoms with Crippen LogP contribution in [0.25, 0.3) is 10.9 Å². The maximum Gasteiger partial charge on any atom is 0.193 e. The molecule has 0 bridgehead atoms. The molecule has 2 aromatic rings. The Morgan fingerprint density at radius 3 is 2.60 bits per heavy atom. The number of hydrogen-bond donors (Lipinski definition) is 1. The molecule has 134 valence electrons. The molecule has 0 radical (unpaired) electrons. The second kappa shape index (κ2) is 8.34. The molecule has 1 aliphatic heterocycles. The van der Waals surface area contributed by atoms with E-state index in [9.17, 15) is 0 Å². The van der Waals surface area contributed by atoms with Crippen molar-refractivity contribution in [2.24, 2.45) is 16.8 Å². The Kier molecular flexibility index (Phi) is 6.15. The number of nitrogens with one attached hydrogen (secondary N) is 1. The lowest BCUT2D eigenvalue weighted by molar-refractivity contribution is 0.299. The van der Waals surface area contributed by atoms with Gasteiger partial charge in [0.05, 0.1) is 5.52 Å². The van der Waals surface area contributed by atoms with Crippen LogP contribution < -0.4 is 5.32 Å². The van der Waals surface area contributed by atoms with Crippen LogP contribution >= 0.6 is 24.0 Å². The lowest BCUT2D eigenvalue weighted by Crippen LogP contribution is -2.39. The third-order valence-electron chi connectivity index (χ3n) is 5.66. The third kappa shape index (κ3) is 3.91. The Morgan fingerprint density at radius 2 is 1.88 bits per heavy atom. The van der Waals surface area contributed by atoms with Gasteiger partial charge in [-0.25, -0.2) is 0 Å². The van der Waals surface area contributed by atoms with Crippen LogP contribution in [0.1, 0.15) is 31.2 Å². The van der Waals surface area contributed by atoms with E-state index in [1.165, 1.54) is 49.7 Å². The largest absolute Gasteiger partial charge is 0.352 e. The number of guanidine groups is 1. The molecular weight excluding hydrogens is 423 g/mol. The Morgan fingerprint density at radius 1 is 1.16 bits per heavy atom. The van der Waals surface area contributed by atoms with E-state index < -0.39 is 0 Å². The number of rotatable bonds is 2. The van der Waals surface area contributed by atoms with Gasteiger partial charge >= 0.3 is 0 Å². The zero-order valence-electron chi connectivity index (χ0n) is 14.8. The van der Waals surface area contributed by atoms with E-state index >= 15 is 0 Å². The molecule has 1 aromatic heterocycles. The van der Waals surface area contributed by atoms with Gasteiger partial charge in [0, 0.05) is 38.3 Å². The van der Waals surface area contributed by atoms with Crippen LogP contribution in [-0.2, 0) is 6.54 Å². The molecule has 2 heterocycles. The molecule has 1 aromatic carbocycles. The van der Waals surface area contributed by atoms with E-state index in [1.54, 1.807) is 0 Å². The van der Waals surface area contributed by atoms with Crippen molar-refractivity contribution in [3.63, 3.8) is 0 Å². The van der Waals surface area contributed by atoms with E-state index in [4.69, 9.17) is 0 Å². The average molecular weight is 450 g/mol. The van der Waals surface area contributed by atoms with Crippen molar-refractivity contribution in [1.82, 2.24) is 15.2 Å². The molecule has 1 N–H and O–H groups in total. The van der Waals surface area contributed by atoms with Crippen LogP contribution in [0.3, 0.4) is 0 Å². The van der Waals surface area contributed by atoms with Crippen molar-refractivity contribution in [2.45, 2.75) is 32.2 Å². The first kappa shape index (κ1) is 18.4. The number of fused-ring (bicyclic) bond motifs is 2. The van der Waals surface area contributed by atoms with Crippen molar-refractivity contribution in [3.8, 4) is 0 Å². The first-order valence-electron chi connectivity index (χ1n) is 9.13. The molecule has 1 saturated carbocycles. The van der Waals surface area contributed by atoms with Gasteiger partial charge in [0.25, 0.3) is 0 Å². The number of benzene rings is 1. The third-order valence-corrected chi connectivity index (χ3v) is 5.66. The summed E-state index contributed by atoms with van der Waals surface area (Å²) >= 11 is 0. The molecule has 2 aliphatic rings.